The monoisotopic (exact) mass is 367 g/mol. The van der Waals surface area contributed by atoms with Gasteiger partial charge in [-0.2, -0.15) is 13.2 Å². The molecule has 0 aromatic heterocycles. The summed E-state index contributed by atoms with van der Waals surface area (Å²) in [5.74, 6) is 0.720. The van der Waals surface area contributed by atoms with Gasteiger partial charge in [0.25, 0.3) is 5.91 Å². The zero-order valence-corrected chi connectivity index (χ0v) is 14.8. The summed E-state index contributed by atoms with van der Waals surface area (Å²) in [7, 11) is 4.63. The summed E-state index contributed by atoms with van der Waals surface area (Å²) in [5, 5.41) is 0. The molecule has 0 radical (unpaired) electrons. The van der Waals surface area contributed by atoms with Gasteiger partial charge in [-0.1, -0.05) is 12.1 Å². The van der Waals surface area contributed by atoms with Crippen molar-refractivity contribution in [1.82, 2.24) is 4.90 Å². The molecule has 2 aromatic rings. The molecular weight excluding hydrogens is 347 g/mol. The fourth-order valence-electron chi connectivity index (χ4n) is 2.48. The van der Waals surface area contributed by atoms with Crippen molar-refractivity contribution in [3.63, 3.8) is 0 Å². The second-order valence-electron chi connectivity index (χ2n) is 5.74. The Kier molecular flexibility index (Phi) is 6.13. The Bertz CT molecular complexity index is 775. The molecule has 0 saturated heterocycles. The fraction of sp³-hybridized carbons (Fsp3) is 0.316. The van der Waals surface area contributed by atoms with Gasteiger partial charge in [0.1, 0.15) is 0 Å². The molecule has 0 atom stereocenters. The van der Waals surface area contributed by atoms with Crippen LogP contribution >= 0.6 is 0 Å². The van der Waals surface area contributed by atoms with Gasteiger partial charge in [0.15, 0.2) is 11.5 Å². The van der Waals surface area contributed by atoms with E-state index in [4.69, 9.17) is 9.47 Å². The first-order valence-electron chi connectivity index (χ1n) is 7.90. The van der Waals surface area contributed by atoms with E-state index in [1.54, 1.807) is 26.3 Å². The van der Waals surface area contributed by atoms with Crippen LogP contribution < -0.4 is 9.47 Å². The smallest absolute Gasteiger partial charge is 0.416 e. The van der Waals surface area contributed by atoms with Crippen LogP contribution in [-0.2, 0) is 12.6 Å². The van der Waals surface area contributed by atoms with Gasteiger partial charge in [-0.25, -0.2) is 0 Å². The highest BCUT2D eigenvalue weighted by Gasteiger charge is 2.31. The van der Waals surface area contributed by atoms with E-state index in [1.165, 1.54) is 24.1 Å². The highest BCUT2D eigenvalue weighted by molar-refractivity contribution is 5.94. The lowest BCUT2D eigenvalue weighted by atomic mass is 10.1. The summed E-state index contributed by atoms with van der Waals surface area (Å²) in [4.78, 5) is 13.8. The van der Waals surface area contributed by atoms with Crippen molar-refractivity contribution < 1.29 is 27.4 Å². The Labute approximate surface area is 150 Å². The maximum absolute atomic E-state index is 12.8. The predicted octanol–water partition coefficient (Wildman–Crippen LogP) is 4.04. The zero-order chi connectivity index (χ0) is 19.3. The Balaban J connectivity index is 2.06. The minimum atomic E-state index is -4.48. The number of nitrogens with zero attached hydrogens (tertiary/aromatic N) is 1. The largest absolute Gasteiger partial charge is 0.493 e. The summed E-state index contributed by atoms with van der Waals surface area (Å²) in [6.07, 6.45) is -3.95. The zero-order valence-electron chi connectivity index (χ0n) is 14.8. The first kappa shape index (κ1) is 19.6. The lowest BCUT2D eigenvalue weighted by Crippen LogP contribution is -2.29. The molecule has 7 heteroatoms. The molecule has 0 spiro atoms. The van der Waals surface area contributed by atoms with Gasteiger partial charge in [-0.05, 0) is 42.3 Å². The number of hydrogen-bond acceptors (Lipinski definition) is 3. The van der Waals surface area contributed by atoms with Gasteiger partial charge in [0.05, 0.1) is 19.8 Å². The standard InChI is InChI=1S/C19H20F3NO3/c1-23(10-9-13-7-8-16(25-2)17(11-13)26-3)18(24)14-5-4-6-15(12-14)19(20,21)22/h4-8,11-12H,9-10H2,1-3H3. The predicted molar refractivity (Wildman–Crippen MR) is 91.7 cm³/mol. The molecular formula is C19H20F3NO3. The van der Waals surface area contributed by atoms with Gasteiger partial charge in [-0.15, -0.1) is 0 Å². The molecule has 140 valence electrons. The second kappa shape index (κ2) is 8.12. The van der Waals surface area contributed by atoms with Crippen LogP contribution in [-0.4, -0.2) is 38.6 Å². The summed E-state index contributed by atoms with van der Waals surface area (Å²) >= 11 is 0. The minimum absolute atomic E-state index is 0.00892. The maximum Gasteiger partial charge on any atom is 0.416 e. The lowest BCUT2D eigenvalue weighted by Gasteiger charge is -2.18. The van der Waals surface area contributed by atoms with E-state index >= 15 is 0 Å². The molecule has 0 aliphatic carbocycles. The number of methoxy groups -OCH3 is 2. The number of benzene rings is 2. The SMILES string of the molecule is COc1ccc(CCN(C)C(=O)c2cccc(C(F)(F)F)c2)cc1OC. The molecule has 0 aliphatic rings. The van der Waals surface area contributed by atoms with E-state index < -0.39 is 17.6 Å². The third kappa shape index (κ3) is 4.68. The summed E-state index contributed by atoms with van der Waals surface area (Å²) < 4.78 is 48.8. The fourth-order valence-corrected chi connectivity index (χ4v) is 2.48. The second-order valence-corrected chi connectivity index (χ2v) is 5.74. The van der Waals surface area contributed by atoms with E-state index in [-0.39, 0.29) is 5.56 Å². The van der Waals surface area contributed by atoms with Gasteiger partial charge < -0.3 is 14.4 Å². The van der Waals surface area contributed by atoms with Gasteiger partial charge in [0.2, 0.25) is 0 Å². The molecule has 0 bridgehead atoms. The molecule has 0 N–H and O–H groups in total. The Morgan fingerprint density at radius 2 is 1.73 bits per heavy atom. The number of halogens is 3. The topological polar surface area (TPSA) is 38.8 Å². The lowest BCUT2D eigenvalue weighted by molar-refractivity contribution is -0.137. The molecule has 2 rings (SSSR count). The molecule has 0 unspecified atom stereocenters. The number of ether oxygens (including phenoxy) is 2. The first-order chi connectivity index (χ1) is 12.3. The number of carbonyl (C=O) groups excluding carboxylic acids is 1. The number of carbonyl (C=O) groups is 1. The number of hydrogen-bond donors (Lipinski definition) is 0. The van der Waals surface area contributed by atoms with Gasteiger partial charge in [-0.3, -0.25) is 4.79 Å². The molecule has 0 saturated carbocycles. The summed E-state index contributed by atoms with van der Waals surface area (Å²) in [5.41, 5.74) is 0.0950. The molecule has 0 fully saturated rings. The normalized spacial score (nSPS) is 11.2. The highest BCUT2D eigenvalue weighted by Crippen LogP contribution is 2.30. The van der Waals surface area contributed by atoms with E-state index in [1.807, 2.05) is 6.07 Å². The van der Waals surface area contributed by atoms with E-state index in [9.17, 15) is 18.0 Å². The van der Waals surface area contributed by atoms with Gasteiger partial charge in [0, 0.05) is 19.2 Å². The molecule has 4 nitrogen and oxygen atoms in total. The summed E-state index contributed by atoms with van der Waals surface area (Å²) in [6.45, 7) is 0.352. The van der Waals surface area contributed by atoms with E-state index in [2.05, 4.69) is 0 Å². The Hall–Kier alpha value is -2.70. The first-order valence-corrected chi connectivity index (χ1v) is 7.90. The van der Waals surface area contributed by atoms with Crippen LogP contribution in [0.2, 0.25) is 0 Å². The average molecular weight is 367 g/mol. The van der Waals surface area contributed by atoms with Gasteiger partial charge >= 0.3 is 6.18 Å². The van der Waals surface area contributed by atoms with Crippen LogP contribution in [0.1, 0.15) is 21.5 Å². The van der Waals surface area contributed by atoms with Crippen molar-refractivity contribution in [3.05, 3.63) is 59.2 Å². The van der Waals surface area contributed by atoms with Crippen LogP contribution in [0.15, 0.2) is 42.5 Å². The molecule has 1 amide bonds. The molecule has 2 aromatic carbocycles. The maximum atomic E-state index is 12.8. The van der Waals surface area contributed by atoms with Crippen molar-refractivity contribution in [2.24, 2.45) is 0 Å². The number of amides is 1. The van der Waals surface area contributed by atoms with Crippen LogP contribution in [0.3, 0.4) is 0 Å². The summed E-state index contributed by atoms with van der Waals surface area (Å²) in [6, 6.07) is 9.85. The average Bonchev–Trinajstić information content (AvgIpc) is 2.64. The quantitative estimate of drug-likeness (QED) is 0.774. The Morgan fingerprint density at radius 1 is 1.04 bits per heavy atom. The van der Waals surface area contributed by atoms with Crippen LogP contribution in [0.25, 0.3) is 0 Å². The number of rotatable bonds is 6. The van der Waals surface area contributed by atoms with Crippen LogP contribution in [0.4, 0.5) is 13.2 Å². The highest BCUT2D eigenvalue weighted by atomic mass is 19.4. The van der Waals surface area contributed by atoms with Crippen LogP contribution in [0.5, 0.6) is 11.5 Å². The van der Waals surface area contributed by atoms with Crippen molar-refractivity contribution >= 4 is 5.91 Å². The minimum Gasteiger partial charge on any atom is -0.493 e. The molecule has 26 heavy (non-hydrogen) atoms. The van der Waals surface area contributed by atoms with Crippen molar-refractivity contribution in [2.75, 3.05) is 27.8 Å². The van der Waals surface area contributed by atoms with Crippen molar-refractivity contribution in [2.45, 2.75) is 12.6 Å². The third-order valence-electron chi connectivity index (χ3n) is 3.97. The Morgan fingerprint density at radius 3 is 2.35 bits per heavy atom. The molecule has 0 aliphatic heterocycles. The third-order valence-corrected chi connectivity index (χ3v) is 3.97. The van der Waals surface area contributed by atoms with E-state index in [0.717, 1.165) is 17.7 Å². The van der Waals surface area contributed by atoms with Crippen molar-refractivity contribution in [3.8, 4) is 11.5 Å². The number of likely N-dealkylation sites (N-methyl/N-ethyl adjacent to an activating group) is 1. The molecule has 0 heterocycles. The number of alkyl halides is 3. The van der Waals surface area contributed by atoms with Crippen LogP contribution in [0, 0.1) is 0 Å². The van der Waals surface area contributed by atoms with E-state index in [0.29, 0.717) is 24.5 Å². The van der Waals surface area contributed by atoms with Crippen molar-refractivity contribution in [1.29, 1.82) is 0 Å².